The predicted molar refractivity (Wildman–Crippen MR) is 80.9 cm³/mol. The first-order valence-electron chi connectivity index (χ1n) is 6.44. The maximum absolute atomic E-state index is 11.8. The summed E-state index contributed by atoms with van der Waals surface area (Å²) in [6.07, 6.45) is 1.78. The Labute approximate surface area is 117 Å². The number of para-hydroxylation sites is 1. The van der Waals surface area contributed by atoms with Crippen LogP contribution in [-0.2, 0) is 12.8 Å². The van der Waals surface area contributed by atoms with Gasteiger partial charge in [-0.1, -0.05) is 31.2 Å². The molecule has 0 saturated carbocycles. The molecule has 4 heteroatoms. The van der Waals surface area contributed by atoms with Crippen LogP contribution in [0.1, 0.15) is 17.4 Å². The number of rotatable bonds is 5. The third-order valence-corrected chi connectivity index (χ3v) is 3.82. The van der Waals surface area contributed by atoms with Crippen molar-refractivity contribution in [2.75, 3.05) is 11.9 Å². The van der Waals surface area contributed by atoms with Crippen LogP contribution < -0.4 is 10.6 Å². The summed E-state index contributed by atoms with van der Waals surface area (Å²) in [6.45, 7) is 2.73. The Kier molecular flexibility index (Phi) is 4.98. The van der Waals surface area contributed by atoms with Crippen LogP contribution in [0.3, 0.4) is 0 Å². The average molecular weight is 274 g/mol. The van der Waals surface area contributed by atoms with E-state index in [1.54, 1.807) is 11.3 Å². The summed E-state index contributed by atoms with van der Waals surface area (Å²) in [6, 6.07) is 11.8. The van der Waals surface area contributed by atoms with E-state index in [1.165, 1.54) is 4.88 Å². The van der Waals surface area contributed by atoms with Crippen molar-refractivity contribution in [3.63, 3.8) is 0 Å². The van der Waals surface area contributed by atoms with E-state index < -0.39 is 0 Å². The summed E-state index contributed by atoms with van der Waals surface area (Å²) >= 11 is 1.71. The van der Waals surface area contributed by atoms with Crippen molar-refractivity contribution in [2.45, 2.75) is 19.8 Å². The highest BCUT2D eigenvalue weighted by molar-refractivity contribution is 7.09. The third-order valence-electron chi connectivity index (χ3n) is 2.88. The number of hydrogen-bond donors (Lipinski definition) is 2. The minimum Gasteiger partial charge on any atom is -0.338 e. The second-order valence-electron chi connectivity index (χ2n) is 4.22. The van der Waals surface area contributed by atoms with Crippen LogP contribution in [0.25, 0.3) is 0 Å². The van der Waals surface area contributed by atoms with E-state index in [-0.39, 0.29) is 6.03 Å². The summed E-state index contributed by atoms with van der Waals surface area (Å²) in [4.78, 5) is 13.1. The van der Waals surface area contributed by atoms with E-state index >= 15 is 0 Å². The summed E-state index contributed by atoms with van der Waals surface area (Å²) in [5, 5.41) is 7.82. The maximum atomic E-state index is 11.8. The van der Waals surface area contributed by atoms with Gasteiger partial charge in [0.1, 0.15) is 0 Å². The van der Waals surface area contributed by atoms with Crippen LogP contribution >= 0.6 is 11.3 Å². The van der Waals surface area contributed by atoms with Gasteiger partial charge in [0.05, 0.1) is 0 Å². The van der Waals surface area contributed by atoms with Gasteiger partial charge >= 0.3 is 6.03 Å². The predicted octanol–water partition coefficient (Wildman–Crippen LogP) is 3.67. The molecular weight excluding hydrogens is 256 g/mol. The van der Waals surface area contributed by atoms with Gasteiger partial charge in [-0.05, 0) is 35.9 Å². The van der Waals surface area contributed by atoms with Crippen LogP contribution in [0, 0.1) is 0 Å². The van der Waals surface area contributed by atoms with E-state index in [4.69, 9.17) is 0 Å². The first kappa shape index (κ1) is 13.6. The molecule has 0 spiro atoms. The second-order valence-corrected chi connectivity index (χ2v) is 5.25. The van der Waals surface area contributed by atoms with E-state index in [9.17, 15) is 4.79 Å². The monoisotopic (exact) mass is 274 g/mol. The Morgan fingerprint density at radius 2 is 2.05 bits per heavy atom. The number of nitrogens with one attached hydrogen (secondary N) is 2. The molecule has 0 atom stereocenters. The molecule has 1 aromatic carbocycles. The molecule has 0 aliphatic rings. The fourth-order valence-electron chi connectivity index (χ4n) is 1.87. The summed E-state index contributed by atoms with van der Waals surface area (Å²) in [5.74, 6) is 0. The van der Waals surface area contributed by atoms with Crippen molar-refractivity contribution in [1.82, 2.24) is 5.32 Å². The molecule has 1 heterocycles. The maximum Gasteiger partial charge on any atom is 0.319 e. The lowest BCUT2D eigenvalue weighted by atomic mass is 10.1. The van der Waals surface area contributed by atoms with Crippen molar-refractivity contribution in [2.24, 2.45) is 0 Å². The fourth-order valence-corrected chi connectivity index (χ4v) is 2.58. The van der Waals surface area contributed by atoms with Crippen molar-refractivity contribution in [1.29, 1.82) is 0 Å². The standard InChI is InChI=1S/C15H18N2OS/c1-2-12-6-3-4-8-14(12)17-15(18)16-10-9-13-7-5-11-19-13/h3-8,11H,2,9-10H2,1H3,(H2,16,17,18). The molecule has 1 aromatic heterocycles. The number of aryl methyl sites for hydroxylation is 1. The number of carbonyl (C=O) groups is 1. The van der Waals surface area contributed by atoms with Gasteiger partial charge in [0.15, 0.2) is 0 Å². The summed E-state index contributed by atoms with van der Waals surface area (Å²) in [7, 11) is 0. The zero-order valence-corrected chi connectivity index (χ0v) is 11.8. The van der Waals surface area contributed by atoms with Crippen LogP contribution in [0.2, 0.25) is 0 Å². The average Bonchev–Trinajstić information content (AvgIpc) is 2.92. The van der Waals surface area contributed by atoms with Crippen molar-refractivity contribution < 1.29 is 4.79 Å². The Bertz CT molecular complexity index is 523. The lowest BCUT2D eigenvalue weighted by Gasteiger charge is -2.10. The summed E-state index contributed by atoms with van der Waals surface area (Å²) in [5.41, 5.74) is 2.04. The zero-order chi connectivity index (χ0) is 13.5. The molecular formula is C15H18N2OS. The highest BCUT2D eigenvalue weighted by Crippen LogP contribution is 2.15. The third kappa shape index (κ3) is 4.10. The Morgan fingerprint density at radius 3 is 2.79 bits per heavy atom. The molecule has 0 aliphatic carbocycles. The van der Waals surface area contributed by atoms with Gasteiger partial charge in [0.25, 0.3) is 0 Å². The second kappa shape index (κ2) is 6.95. The smallest absolute Gasteiger partial charge is 0.319 e. The van der Waals surface area contributed by atoms with Crippen LogP contribution in [0.15, 0.2) is 41.8 Å². The normalized spacial score (nSPS) is 10.2. The molecule has 0 fully saturated rings. The van der Waals surface area contributed by atoms with Crippen molar-refractivity contribution >= 4 is 23.1 Å². The molecule has 2 N–H and O–H groups in total. The molecule has 3 nitrogen and oxygen atoms in total. The number of thiophene rings is 1. The minimum absolute atomic E-state index is 0.141. The highest BCUT2D eigenvalue weighted by Gasteiger charge is 2.04. The minimum atomic E-state index is -0.141. The lowest BCUT2D eigenvalue weighted by molar-refractivity contribution is 0.252. The quantitative estimate of drug-likeness (QED) is 0.858. The number of benzene rings is 1. The van der Waals surface area contributed by atoms with E-state index in [1.807, 2.05) is 35.7 Å². The molecule has 19 heavy (non-hydrogen) atoms. The van der Waals surface area contributed by atoms with Crippen LogP contribution in [-0.4, -0.2) is 12.6 Å². The van der Waals surface area contributed by atoms with Gasteiger partial charge in [-0.15, -0.1) is 11.3 Å². The molecule has 100 valence electrons. The van der Waals surface area contributed by atoms with E-state index in [0.717, 1.165) is 24.1 Å². The number of hydrogen-bond acceptors (Lipinski definition) is 2. The molecule has 0 bridgehead atoms. The van der Waals surface area contributed by atoms with Crippen molar-refractivity contribution in [3.05, 3.63) is 52.2 Å². The number of urea groups is 1. The fraction of sp³-hybridized carbons (Fsp3) is 0.267. The van der Waals surface area contributed by atoms with Gasteiger partial charge < -0.3 is 10.6 Å². The van der Waals surface area contributed by atoms with Gasteiger partial charge in [-0.2, -0.15) is 0 Å². The van der Waals surface area contributed by atoms with Crippen LogP contribution in [0.4, 0.5) is 10.5 Å². The first-order chi connectivity index (χ1) is 9.29. The molecule has 0 aliphatic heterocycles. The topological polar surface area (TPSA) is 41.1 Å². The van der Waals surface area contributed by atoms with Gasteiger partial charge in [-0.3, -0.25) is 0 Å². The summed E-state index contributed by atoms with van der Waals surface area (Å²) < 4.78 is 0. The number of anilines is 1. The van der Waals surface area contributed by atoms with Gasteiger partial charge in [-0.25, -0.2) is 4.79 Å². The van der Waals surface area contributed by atoms with Gasteiger partial charge in [0, 0.05) is 17.1 Å². The van der Waals surface area contributed by atoms with E-state index in [0.29, 0.717) is 6.54 Å². The van der Waals surface area contributed by atoms with Crippen molar-refractivity contribution in [3.8, 4) is 0 Å². The van der Waals surface area contributed by atoms with Gasteiger partial charge in [0.2, 0.25) is 0 Å². The number of carbonyl (C=O) groups excluding carboxylic acids is 1. The van der Waals surface area contributed by atoms with Crippen LogP contribution in [0.5, 0.6) is 0 Å². The molecule has 2 rings (SSSR count). The first-order valence-corrected chi connectivity index (χ1v) is 7.32. The van der Waals surface area contributed by atoms with E-state index in [2.05, 4.69) is 23.6 Å². The molecule has 2 aromatic rings. The lowest BCUT2D eigenvalue weighted by Crippen LogP contribution is -2.30. The highest BCUT2D eigenvalue weighted by atomic mass is 32.1. The zero-order valence-electron chi connectivity index (χ0n) is 11.0. The Hall–Kier alpha value is -1.81. The molecule has 0 saturated heterocycles. The SMILES string of the molecule is CCc1ccccc1NC(=O)NCCc1cccs1. The molecule has 0 unspecified atom stereocenters. The largest absolute Gasteiger partial charge is 0.338 e. The Morgan fingerprint density at radius 1 is 1.21 bits per heavy atom. The number of amides is 2. The Balaban J connectivity index is 1.80. The molecule has 2 amide bonds. The molecule has 0 radical (unpaired) electrons.